The number of aliphatic hydroxyl groups is 1. The summed E-state index contributed by atoms with van der Waals surface area (Å²) in [5, 5.41) is 10.5. The Hall–Kier alpha value is -0.900. The minimum Gasteiger partial charge on any atom is -0.464 e. The molecule has 1 unspecified atom stereocenters. The molecule has 0 aliphatic carbocycles. The first-order chi connectivity index (χ1) is 9.56. The molecule has 1 atom stereocenters. The van der Waals surface area contributed by atoms with E-state index in [0.29, 0.717) is 15.3 Å². The second kappa shape index (κ2) is 5.47. The molecule has 0 spiro atoms. The lowest BCUT2D eigenvalue weighted by molar-refractivity contribution is 0.170. The Morgan fingerprint density at radius 2 is 2.25 bits per heavy atom. The van der Waals surface area contributed by atoms with Crippen molar-refractivity contribution in [2.45, 2.75) is 6.23 Å². The average Bonchev–Trinajstić information content (AvgIpc) is 2.67. The molecule has 20 heavy (non-hydrogen) atoms. The zero-order valence-electron chi connectivity index (χ0n) is 9.95. The lowest BCUT2D eigenvalue weighted by Gasteiger charge is -2.11. The Bertz CT molecular complexity index is 787. The summed E-state index contributed by atoms with van der Waals surface area (Å²) < 4.78 is 7.48. The fourth-order valence-corrected chi connectivity index (χ4v) is 3.84. The van der Waals surface area contributed by atoms with E-state index in [0.717, 1.165) is 10.5 Å². The number of hydrogen-bond donors (Lipinski definition) is 1. The van der Waals surface area contributed by atoms with Crippen molar-refractivity contribution in [3.63, 3.8) is 0 Å². The van der Waals surface area contributed by atoms with Gasteiger partial charge in [0.15, 0.2) is 16.0 Å². The summed E-state index contributed by atoms with van der Waals surface area (Å²) in [6.45, 7) is 0. The van der Waals surface area contributed by atoms with Gasteiger partial charge >= 0.3 is 0 Å². The van der Waals surface area contributed by atoms with Crippen LogP contribution in [0.1, 0.15) is 5.56 Å². The van der Waals surface area contributed by atoms with Gasteiger partial charge in [0.2, 0.25) is 0 Å². The van der Waals surface area contributed by atoms with Crippen molar-refractivity contribution in [3.8, 4) is 0 Å². The first-order valence-corrected chi connectivity index (χ1v) is 7.83. The van der Waals surface area contributed by atoms with Gasteiger partial charge in [-0.2, -0.15) is 0 Å². The van der Waals surface area contributed by atoms with Crippen molar-refractivity contribution in [2.24, 2.45) is 0 Å². The standard InChI is InChI=1S/C13H8INO3S2/c14-15-12(17)11(20-13(15)19)6-7-1-2-10-8(5-7)9(16)3-4-18-10/h1-6,12,17H/b11-6-. The van der Waals surface area contributed by atoms with Crippen LogP contribution in [0.15, 0.2) is 44.6 Å². The zero-order chi connectivity index (χ0) is 14.3. The first kappa shape index (κ1) is 14.1. The third-order valence-corrected chi connectivity index (χ3v) is 5.89. The van der Waals surface area contributed by atoms with Gasteiger partial charge in [-0.25, -0.2) is 0 Å². The van der Waals surface area contributed by atoms with E-state index >= 15 is 0 Å². The average molecular weight is 417 g/mol. The Morgan fingerprint density at radius 3 is 2.95 bits per heavy atom. The van der Waals surface area contributed by atoms with Crippen molar-refractivity contribution >= 4 is 68.2 Å². The van der Waals surface area contributed by atoms with Crippen LogP contribution in [0.3, 0.4) is 0 Å². The molecule has 4 nitrogen and oxygen atoms in total. The van der Waals surface area contributed by atoms with E-state index in [2.05, 4.69) is 0 Å². The summed E-state index contributed by atoms with van der Waals surface area (Å²) in [5.74, 6) is 0. The zero-order valence-corrected chi connectivity index (χ0v) is 13.7. The van der Waals surface area contributed by atoms with Gasteiger partial charge in [0, 0.05) is 11.0 Å². The molecule has 1 aliphatic rings. The number of benzene rings is 1. The molecule has 2 heterocycles. The third-order valence-electron chi connectivity index (χ3n) is 2.84. The summed E-state index contributed by atoms with van der Waals surface area (Å²) in [6, 6.07) is 6.72. The summed E-state index contributed by atoms with van der Waals surface area (Å²) in [4.78, 5) is 12.5. The van der Waals surface area contributed by atoms with E-state index < -0.39 is 6.23 Å². The lowest BCUT2D eigenvalue weighted by atomic mass is 10.1. The smallest absolute Gasteiger partial charge is 0.192 e. The Morgan fingerprint density at radius 1 is 1.45 bits per heavy atom. The molecule has 1 aromatic carbocycles. The SMILES string of the molecule is O=c1ccoc2ccc(/C=C3\SC(=S)N(I)C3O)cc12. The van der Waals surface area contributed by atoms with Gasteiger partial charge < -0.3 is 9.52 Å². The normalized spacial score (nSPS) is 21.1. The molecule has 1 N–H and O–H groups in total. The quantitative estimate of drug-likeness (QED) is 0.437. The topological polar surface area (TPSA) is 53.7 Å². The largest absolute Gasteiger partial charge is 0.464 e. The molecule has 0 saturated carbocycles. The van der Waals surface area contributed by atoms with Crippen LogP contribution >= 0.6 is 46.8 Å². The summed E-state index contributed by atoms with van der Waals surface area (Å²) >= 11 is 8.45. The van der Waals surface area contributed by atoms with Crippen molar-refractivity contribution in [3.05, 3.63) is 51.2 Å². The maximum Gasteiger partial charge on any atom is 0.192 e. The molecule has 0 radical (unpaired) electrons. The molecule has 1 fully saturated rings. The number of thiocarbonyl (C=S) groups is 1. The number of aliphatic hydroxyl groups excluding tert-OH is 1. The molecule has 0 amide bonds. The van der Waals surface area contributed by atoms with Crippen molar-refractivity contribution in [2.75, 3.05) is 0 Å². The molecule has 7 heteroatoms. The van der Waals surface area contributed by atoms with Crippen LogP contribution in [0.2, 0.25) is 0 Å². The van der Waals surface area contributed by atoms with Crippen molar-refractivity contribution in [1.29, 1.82) is 0 Å². The van der Waals surface area contributed by atoms with Gasteiger partial charge in [-0.3, -0.25) is 7.91 Å². The number of rotatable bonds is 1. The Kier molecular flexibility index (Phi) is 3.85. The molecule has 1 aliphatic heterocycles. The van der Waals surface area contributed by atoms with Crippen LogP contribution in [-0.2, 0) is 0 Å². The number of thioether (sulfide) groups is 1. The van der Waals surface area contributed by atoms with E-state index in [1.807, 2.05) is 35.0 Å². The second-order valence-electron chi connectivity index (χ2n) is 4.14. The number of fused-ring (bicyclic) bond motifs is 1. The molecule has 0 bridgehead atoms. The van der Waals surface area contributed by atoms with Crippen LogP contribution in [0.4, 0.5) is 0 Å². The second-order valence-corrected chi connectivity index (χ2v) is 6.89. The number of nitrogens with zero attached hydrogens (tertiary/aromatic N) is 1. The summed E-state index contributed by atoms with van der Waals surface area (Å²) in [6.07, 6.45) is 2.47. The van der Waals surface area contributed by atoms with E-state index in [1.165, 1.54) is 24.1 Å². The van der Waals surface area contributed by atoms with Gasteiger partial charge in [0.1, 0.15) is 5.58 Å². The van der Waals surface area contributed by atoms with Gasteiger partial charge in [0.05, 0.1) is 34.5 Å². The molecular formula is C13H8INO3S2. The maximum absolute atomic E-state index is 11.8. The van der Waals surface area contributed by atoms with Crippen LogP contribution in [0.25, 0.3) is 17.0 Å². The highest BCUT2D eigenvalue weighted by Gasteiger charge is 2.30. The molecule has 1 saturated heterocycles. The molecule has 102 valence electrons. The van der Waals surface area contributed by atoms with Gasteiger partial charge in [-0.05, 0) is 23.8 Å². The fraction of sp³-hybridized carbons (Fsp3) is 0.0769. The molecular weight excluding hydrogens is 409 g/mol. The highest BCUT2D eigenvalue weighted by molar-refractivity contribution is 14.1. The number of halogens is 1. The van der Waals surface area contributed by atoms with Crippen molar-refractivity contribution in [1.82, 2.24) is 3.11 Å². The predicted octanol–water partition coefficient (Wildman–Crippen LogP) is 3.14. The van der Waals surface area contributed by atoms with Gasteiger partial charge in [0.25, 0.3) is 0 Å². The highest BCUT2D eigenvalue weighted by Crippen LogP contribution is 2.37. The summed E-state index contributed by atoms with van der Waals surface area (Å²) in [5.41, 5.74) is 1.29. The van der Waals surface area contributed by atoms with Crippen LogP contribution in [-0.4, -0.2) is 18.8 Å². The lowest BCUT2D eigenvalue weighted by Crippen LogP contribution is -2.21. The fourth-order valence-electron chi connectivity index (χ4n) is 1.87. The predicted molar refractivity (Wildman–Crippen MR) is 92.5 cm³/mol. The van der Waals surface area contributed by atoms with Gasteiger partial charge in [-0.1, -0.05) is 30.0 Å². The monoisotopic (exact) mass is 417 g/mol. The Labute approximate surface area is 137 Å². The molecule has 1 aromatic heterocycles. The van der Waals surface area contributed by atoms with E-state index in [9.17, 15) is 9.90 Å². The first-order valence-electron chi connectivity index (χ1n) is 5.64. The van der Waals surface area contributed by atoms with Crippen LogP contribution < -0.4 is 5.43 Å². The summed E-state index contributed by atoms with van der Waals surface area (Å²) in [7, 11) is 0. The third kappa shape index (κ3) is 2.50. The van der Waals surface area contributed by atoms with E-state index in [4.69, 9.17) is 16.6 Å². The number of hydrogen-bond acceptors (Lipinski definition) is 5. The van der Waals surface area contributed by atoms with Crippen LogP contribution in [0.5, 0.6) is 0 Å². The maximum atomic E-state index is 11.8. The van der Waals surface area contributed by atoms with Crippen molar-refractivity contribution < 1.29 is 9.52 Å². The minimum atomic E-state index is -0.740. The molecule has 2 aromatic rings. The van der Waals surface area contributed by atoms with Gasteiger partial charge in [-0.15, -0.1) is 0 Å². The Balaban J connectivity index is 2.06. The minimum absolute atomic E-state index is 0.0860. The molecule has 3 rings (SSSR count). The van der Waals surface area contributed by atoms with E-state index in [1.54, 1.807) is 15.2 Å². The van der Waals surface area contributed by atoms with Crippen LogP contribution in [0, 0.1) is 0 Å². The highest BCUT2D eigenvalue weighted by atomic mass is 127. The van der Waals surface area contributed by atoms with E-state index in [-0.39, 0.29) is 5.43 Å².